The summed E-state index contributed by atoms with van der Waals surface area (Å²) in [6, 6.07) is 13.4. The molecule has 162 valence electrons. The van der Waals surface area contributed by atoms with Crippen molar-refractivity contribution in [1.29, 1.82) is 0 Å². The molecule has 0 bridgehead atoms. The summed E-state index contributed by atoms with van der Waals surface area (Å²) >= 11 is 12.0. The Morgan fingerprint density at radius 2 is 1.78 bits per heavy atom. The van der Waals surface area contributed by atoms with E-state index in [1.165, 1.54) is 4.90 Å². The van der Waals surface area contributed by atoms with Gasteiger partial charge in [0.05, 0.1) is 16.2 Å². The predicted molar refractivity (Wildman–Crippen MR) is 125 cm³/mol. The summed E-state index contributed by atoms with van der Waals surface area (Å²) in [4.78, 5) is 52.1. The first-order chi connectivity index (χ1) is 15.3. The fourth-order valence-corrected chi connectivity index (χ4v) is 4.90. The van der Waals surface area contributed by atoms with Crippen LogP contribution in [-0.4, -0.2) is 51.1 Å². The summed E-state index contributed by atoms with van der Waals surface area (Å²) < 4.78 is 0.0577. The number of rotatable bonds is 5. The molecule has 0 unspecified atom stereocenters. The summed E-state index contributed by atoms with van der Waals surface area (Å²) in [5.41, 5.74) is 1.53. The lowest BCUT2D eigenvalue weighted by atomic mass is 10.1. The van der Waals surface area contributed by atoms with Gasteiger partial charge in [-0.1, -0.05) is 59.8 Å². The molecule has 0 aromatic heterocycles. The third-order valence-electron chi connectivity index (χ3n) is 4.70. The average molecular weight is 488 g/mol. The van der Waals surface area contributed by atoms with Crippen molar-refractivity contribution in [2.24, 2.45) is 0 Å². The maximum Gasteiger partial charge on any atom is 0.323 e. The van der Waals surface area contributed by atoms with E-state index in [1.807, 2.05) is 0 Å². The van der Waals surface area contributed by atoms with Crippen LogP contribution in [0, 0.1) is 0 Å². The molecule has 2 aliphatic rings. The minimum atomic E-state index is -1.22. The minimum Gasteiger partial charge on any atom is -0.480 e. The van der Waals surface area contributed by atoms with E-state index in [1.54, 1.807) is 48.5 Å². The molecule has 2 aromatic rings. The smallest absolute Gasteiger partial charge is 0.323 e. The second kappa shape index (κ2) is 8.73. The standard InChI is InChI=1S/C21H14ClN3O5S2/c22-11-4-3-5-12(8-11)23-15(26)9-24-14-7-2-1-6-13(14)17(19(24)29)18-20(30)25(10-16(27)28)21(31)32-18/h1-8H,9-10H2,(H,23,26)(H,27,28). The lowest BCUT2D eigenvalue weighted by Crippen LogP contribution is -2.36. The van der Waals surface area contributed by atoms with Gasteiger partial charge in [-0.05, 0) is 24.3 Å². The molecule has 32 heavy (non-hydrogen) atoms. The maximum atomic E-state index is 13.3. The normalized spacial score (nSPS) is 17.7. The van der Waals surface area contributed by atoms with E-state index in [0.29, 0.717) is 22.0 Å². The summed E-state index contributed by atoms with van der Waals surface area (Å²) in [6.45, 7) is -0.885. The third-order valence-corrected chi connectivity index (χ3v) is 6.39. The number of benzene rings is 2. The van der Waals surface area contributed by atoms with Crippen LogP contribution in [0.25, 0.3) is 5.57 Å². The van der Waals surface area contributed by atoms with Crippen molar-refractivity contribution in [1.82, 2.24) is 4.90 Å². The van der Waals surface area contributed by atoms with Gasteiger partial charge in [0, 0.05) is 16.3 Å². The van der Waals surface area contributed by atoms with Gasteiger partial charge in [0.2, 0.25) is 5.91 Å². The topological polar surface area (TPSA) is 107 Å². The Morgan fingerprint density at radius 3 is 2.50 bits per heavy atom. The molecule has 2 aliphatic heterocycles. The molecule has 2 aromatic carbocycles. The van der Waals surface area contributed by atoms with Crippen molar-refractivity contribution in [2.45, 2.75) is 0 Å². The first-order valence-corrected chi connectivity index (χ1v) is 10.8. The lowest BCUT2D eigenvalue weighted by molar-refractivity contribution is -0.140. The molecule has 0 saturated carbocycles. The number of anilines is 2. The van der Waals surface area contributed by atoms with Crippen LogP contribution in [0.5, 0.6) is 0 Å². The Morgan fingerprint density at radius 1 is 1.03 bits per heavy atom. The van der Waals surface area contributed by atoms with E-state index in [-0.39, 0.29) is 21.3 Å². The van der Waals surface area contributed by atoms with Crippen LogP contribution < -0.4 is 10.2 Å². The van der Waals surface area contributed by atoms with Gasteiger partial charge in [-0.25, -0.2) is 0 Å². The van der Waals surface area contributed by atoms with Gasteiger partial charge in [-0.3, -0.25) is 29.0 Å². The first-order valence-electron chi connectivity index (χ1n) is 9.22. The number of carboxylic acids is 1. The molecule has 0 atom stereocenters. The first kappa shape index (κ1) is 22.0. The van der Waals surface area contributed by atoms with Crippen molar-refractivity contribution < 1.29 is 24.3 Å². The van der Waals surface area contributed by atoms with E-state index in [4.69, 9.17) is 28.9 Å². The van der Waals surface area contributed by atoms with E-state index in [0.717, 1.165) is 16.7 Å². The average Bonchev–Trinajstić information content (AvgIpc) is 3.15. The van der Waals surface area contributed by atoms with Crippen LogP contribution in [0.4, 0.5) is 11.4 Å². The number of hydrogen-bond donors (Lipinski definition) is 2. The van der Waals surface area contributed by atoms with Gasteiger partial charge < -0.3 is 10.4 Å². The molecular weight excluding hydrogens is 474 g/mol. The Balaban J connectivity index is 1.65. The predicted octanol–water partition coefficient (Wildman–Crippen LogP) is 2.98. The number of thiocarbonyl (C=S) groups is 1. The second-order valence-electron chi connectivity index (χ2n) is 6.82. The molecule has 3 amide bonds. The number of nitrogens with one attached hydrogen (secondary N) is 1. The molecule has 1 saturated heterocycles. The number of carboxylic acid groups (broad SMARTS) is 1. The zero-order valence-corrected chi connectivity index (χ0v) is 18.6. The quantitative estimate of drug-likeness (QED) is 0.493. The molecule has 2 heterocycles. The van der Waals surface area contributed by atoms with Crippen LogP contribution in [-0.2, 0) is 19.2 Å². The van der Waals surface area contributed by atoms with E-state index in [2.05, 4.69) is 5.32 Å². The summed E-state index contributed by atoms with van der Waals surface area (Å²) in [5.74, 6) is -2.85. The number of aliphatic carboxylic acids is 1. The molecule has 0 aliphatic carbocycles. The van der Waals surface area contributed by atoms with Crippen LogP contribution in [0.15, 0.2) is 53.4 Å². The Hall–Kier alpha value is -3.21. The molecule has 8 nitrogen and oxygen atoms in total. The minimum absolute atomic E-state index is 0.0476. The number of halogens is 1. The van der Waals surface area contributed by atoms with E-state index >= 15 is 0 Å². The molecule has 2 N–H and O–H groups in total. The highest BCUT2D eigenvalue weighted by atomic mass is 35.5. The third kappa shape index (κ3) is 4.12. The fourth-order valence-electron chi connectivity index (χ4n) is 3.39. The van der Waals surface area contributed by atoms with Gasteiger partial charge in [-0.15, -0.1) is 0 Å². The zero-order chi connectivity index (χ0) is 23.0. The van der Waals surface area contributed by atoms with Crippen molar-refractivity contribution >= 4 is 80.5 Å². The Kier molecular flexibility index (Phi) is 6.00. The number of nitrogens with zero attached hydrogens (tertiary/aromatic N) is 2. The SMILES string of the molecule is O=C(O)CN1C(=O)C(=C2C(=O)N(CC(=O)Nc3cccc(Cl)c3)c3ccccc32)SC1=S. The van der Waals surface area contributed by atoms with E-state index in [9.17, 15) is 19.2 Å². The number of carbonyl (C=O) groups is 4. The van der Waals surface area contributed by atoms with Crippen LogP contribution in [0.2, 0.25) is 5.02 Å². The summed E-state index contributed by atoms with van der Waals surface area (Å²) in [6.07, 6.45) is 0. The second-order valence-corrected chi connectivity index (χ2v) is 8.90. The van der Waals surface area contributed by atoms with E-state index < -0.39 is 30.2 Å². The Labute approximate surface area is 196 Å². The number of thioether (sulfide) groups is 1. The van der Waals surface area contributed by atoms with Crippen molar-refractivity contribution in [3.8, 4) is 0 Å². The molecule has 11 heteroatoms. The van der Waals surface area contributed by atoms with Crippen molar-refractivity contribution in [3.05, 3.63) is 64.0 Å². The number of amides is 3. The summed E-state index contributed by atoms with van der Waals surface area (Å²) in [5, 5.41) is 12.2. The van der Waals surface area contributed by atoms with Gasteiger partial charge in [0.15, 0.2) is 0 Å². The fraction of sp³-hybridized carbons (Fsp3) is 0.0952. The summed E-state index contributed by atoms with van der Waals surface area (Å²) in [7, 11) is 0. The maximum absolute atomic E-state index is 13.3. The number of hydrogen-bond acceptors (Lipinski definition) is 6. The monoisotopic (exact) mass is 487 g/mol. The van der Waals surface area contributed by atoms with Gasteiger partial charge >= 0.3 is 5.97 Å². The van der Waals surface area contributed by atoms with Gasteiger partial charge in [-0.2, -0.15) is 0 Å². The molecular formula is C21H14ClN3O5S2. The van der Waals surface area contributed by atoms with Crippen molar-refractivity contribution in [3.63, 3.8) is 0 Å². The van der Waals surface area contributed by atoms with Gasteiger partial charge in [0.1, 0.15) is 17.4 Å². The van der Waals surface area contributed by atoms with Crippen LogP contribution in [0.1, 0.15) is 5.56 Å². The zero-order valence-electron chi connectivity index (χ0n) is 16.2. The molecule has 0 spiro atoms. The highest BCUT2D eigenvalue weighted by molar-refractivity contribution is 8.26. The number of para-hydroxylation sites is 1. The van der Waals surface area contributed by atoms with Crippen LogP contribution >= 0.6 is 35.6 Å². The highest BCUT2D eigenvalue weighted by Crippen LogP contribution is 2.44. The van der Waals surface area contributed by atoms with Gasteiger partial charge in [0.25, 0.3) is 11.8 Å². The van der Waals surface area contributed by atoms with Crippen LogP contribution in [0.3, 0.4) is 0 Å². The Bertz CT molecular complexity index is 1230. The molecule has 0 radical (unpaired) electrons. The largest absolute Gasteiger partial charge is 0.480 e. The molecule has 4 rings (SSSR count). The molecule has 1 fully saturated rings. The number of fused-ring (bicyclic) bond motifs is 1. The lowest BCUT2D eigenvalue weighted by Gasteiger charge is -2.17. The van der Waals surface area contributed by atoms with Crippen molar-refractivity contribution in [2.75, 3.05) is 23.3 Å². The highest BCUT2D eigenvalue weighted by Gasteiger charge is 2.42. The number of carbonyl (C=O) groups excluding carboxylic acids is 3.